The summed E-state index contributed by atoms with van der Waals surface area (Å²) >= 11 is 0. The van der Waals surface area contributed by atoms with Crippen molar-refractivity contribution in [2.75, 3.05) is 13.7 Å². The number of hydrogen-bond acceptors (Lipinski definition) is 3. The predicted octanol–water partition coefficient (Wildman–Crippen LogP) is -3.01. The second kappa shape index (κ2) is 6.57. The monoisotopic (exact) mass is 177 g/mol. The van der Waals surface area contributed by atoms with Gasteiger partial charge in [-0.15, -0.1) is 0 Å². The molecule has 0 saturated carbocycles. The fourth-order valence-electron chi connectivity index (χ4n) is 0.252. The first-order valence-electron chi connectivity index (χ1n) is 2.70. The van der Waals surface area contributed by atoms with Crippen molar-refractivity contribution in [3.05, 3.63) is 0 Å². The average molecular weight is 177 g/mol. The SMILES string of the molecule is CCCOS(=O)(=O)NC.[H-].[Na+]. The molecule has 0 aromatic carbocycles. The molecule has 4 nitrogen and oxygen atoms in total. The molecule has 0 spiro atoms. The summed E-state index contributed by atoms with van der Waals surface area (Å²) in [6, 6.07) is 0. The van der Waals surface area contributed by atoms with Crippen LogP contribution in [0.2, 0.25) is 0 Å². The van der Waals surface area contributed by atoms with Crippen molar-refractivity contribution in [1.82, 2.24) is 4.72 Å². The minimum Gasteiger partial charge on any atom is -1.00 e. The maximum Gasteiger partial charge on any atom is 1.00 e. The summed E-state index contributed by atoms with van der Waals surface area (Å²) in [4.78, 5) is 0. The zero-order valence-electron chi connectivity index (χ0n) is 7.55. The van der Waals surface area contributed by atoms with Gasteiger partial charge in [0.25, 0.3) is 0 Å². The molecular weight excluding hydrogens is 165 g/mol. The molecule has 6 heteroatoms. The zero-order valence-corrected chi connectivity index (χ0v) is 9.36. The van der Waals surface area contributed by atoms with E-state index in [-0.39, 0.29) is 37.6 Å². The van der Waals surface area contributed by atoms with Gasteiger partial charge >= 0.3 is 39.9 Å². The Labute approximate surface area is 85.4 Å². The Balaban J connectivity index is -0.000000320. The number of hydrogen-bond donors (Lipinski definition) is 1. The van der Waals surface area contributed by atoms with Crippen LogP contribution in [0.15, 0.2) is 0 Å². The second-order valence-electron chi connectivity index (χ2n) is 1.48. The second-order valence-corrected chi connectivity index (χ2v) is 3.03. The van der Waals surface area contributed by atoms with Crippen LogP contribution in [-0.2, 0) is 14.5 Å². The first-order valence-corrected chi connectivity index (χ1v) is 4.11. The maximum atomic E-state index is 10.4. The van der Waals surface area contributed by atoms with Crippen molar-refractivity contribution in [1.29, 1.82) is 0 Å². The van der Waals surface area contributed by atoms with Crippen molar-refractivity contribution < 1.29 is 43.6 Å². The van der Waals surface area contributed by atoms with E-state index in [9.17, 15) is 8.42 Å². The van der Waals surface area contributed by atoms with Crippen LogP contribution < -0.4 is 34.3 Å². The molecule has 0 aliphatic carbocycles. The molecule has 0 amide bonds. The standard InChI is InChI=1S/C4H11NO3S.Na.H/c1-3-4-8-9(6,7)5-2;;/h5H,3-4H2,1-2H3;;/q;+1;-1. The first kappa shape index (κ1) is 13.5. The molecule has 0 aromatic rings. The summed E-state index contributed by atoms with van der Waals surface area (Å²) in [5.41, 5.74) is 0. The van der Waals surface area contributed by atoms with Crippen molar-refractivity contribution in [3.8, 4) is 0 Å². The molecule has 0 aliphatic rings. The summed E-state index contributed by atoms with van der Waals surface area (Å²) in [5, 5.41) is 0. The molecule has 0 saturated heterocycles. The van der Waals surface area contributed by atoms with Gasteiger partial charge in [-0.3, -0.25) is 4.18 Å². The molecule has 0 radical (unpaired) electrons. The van der Waals surface area contributed by atoms with E-state index >= 15 is 0 Å². The molecule has 0 aliphatic heterocycles. The van der Waals surface area contributed by atoms with Crippen molar-refractivity contribution in [2.45, 2.75) is 13.3 Å². The Bertz CT molecular complexity index is 161. The molecule has 0 heterocycles. The van der Waals surface area contributed by atoms with Crippen LogP contribution in [0.5, 0.6) is 0 Å². The van der Waals surface area contributed by atoms with Gasteiger partial charge in [-0.05, 0) is 6.42 Å². The topological polar surface area (TPSA) is 55.4 Å². The third-order valence-electron chi connectivity index (χ3n) is 0.693. The molecule has 0 aromatic heterocycles. The van der Waals surface area contributed by atoms with E-state index in [1.807, 2.05) is 11.6 Å². The van der Waals surface area contributed by atoms with Crippen LogP contribution in [0.4, 0.5) is 0 Å². The van der Waals surface area contributed by atoms with E-state index in [1.54, 1.807) is 0 Å². The zero-order chi connectivity index (χ0) is 7.33. The van der Waals surface area contributed by atoms with Crippen molar-refractivity contribution >= 4 is 10.3 Å². The van der Waals surface area contributed by atoms with Gasteiger partial charge in [-0.1, -0.05) is 6.92 Å². The van der Waals surface area contributed by atoms with Gasteiger partial charge in [-0.25, -0.2) is 0 Å². The van der Waals surface area contributed by atoms with E-state index < -0.39 is 10.3 Å². The van der Waals surface area contributed by atoms with Crippen LogP contribution in [0, 0.1) is 0 Å². The van der Waals surface area contributed by atoms with Gasteiger partial charge in [-0.2, -0.15) is 13.1 Å². The van der Waals surface area contributed by atoms with Gasteiger partial charge in [0.05, 0.1) is 6.61 Å². The summed E-state index contributed by atoms with van der Waals surface area (Å²) in [5.74, 6) is 0. The Kier molecular flexibility index (Phi) is 8.85. The van der Waals surface area contributed by atoms with Crippen molar-refractivity contribution in [3.63, 3.8) is 0 Å². The first-order chi connectivity index (χ1) is 4.12. The van der Waals surface area contributed by atoms with Crippen LogP contribution in [-0.4, -0.2) is 22.1 Å². The minimum absolute atomic E-state index is 0. The minimum atomic E-state index is -3.43. The van der Waals surface area contributed by atoms with Crippen LogP contribution >= 0.6 is 0 Å². The van der Waals surface area contributed by atoms with Crippen LogP contribution in [0.1, 0.15) is 14.8 Å². The summed E-state index contributed by atoms with van der Waals surface area (Å²) in [6.07, 6.45) is 0.695. The predicted molar refractivity (Wildman–Crippen MR) is 35.3 cm³/mol. The van der Waals surface area contributed by atoms with Gasteiger partial charge in [0.2, 0.25) is 0 Å². The summed E-state index contributed by atoms with van der Waals surface area (Å²) in [7, 11) is -2.12. The van der Waals surface area contributed by atoms with Crippen LogP contribution in [0.25, 0.3) is 0 Å². The Hall–Kier alpha value is 0.870. The molecule has 0 unspecified atom stereocenters. The van der Waals surface area contributed by atoms with E-state index in [1.165, 1.54) is 7.05 Å². The molecule has 0 rings (SSSR count). The Morgan fingerprint density at radius 3 is 2.40 bits per heavy atom. The van der Waals surface area contributed by atoms with E-state index in [4.69, 9.17) is 0 Å². The van der Waals surface area contributed by atoms with E-state index in [2.05, 4.69) is 4.18 Å². The fourth-order valence-corrected chi connectivity index (χ4v) is 0.756. The van der Waals surface area contributed by atoms with Gasteiger partial charge < -0.3 is 1.43 Å². The third-order valence-corrected chi connectivity index (χ3v) is 1.67. The molecule has 0 atom stereocenters. The molecule has 0 fully saturated rings. The Morgan fingerprint density at radius 2 is 2.10 bits per heavy atom. The molecule has 10 heavy (non-hydrogen) atoms. The number of nitrogens with one attached hydrogen (secondary N) is 1. The quantitative estimate of drug-likeness (QED) is 0.465. The number of rotatable bonds is 4. The third kappa shape index (κ3) is 6.98. The fraction of sp³-hybridized carbons (Fsp3) is 1.00. The van der Waals surface area contributed by atoms with E-state index in [0.717, 1.165) is 0 Å². The molecule has 0 bridgehead atoms. The average Bonchev–Trinajstić information content (AvgIpc) is 1.84. The molecular formula is C4H12NNaO3S. The Morgan fingerprint density at radius 1 is 1.60 bits per heavy atom. The summed E-state index contributed by atoms with van der Waals surface area (Å²) in [6.45, 7) is 2.08. The summed E-state index contributed by atoms with van der Waals surface area (Å²) < 4.78 is 27.3. The molecule has 58 valence electrons. The largest absolute Gasteiger partial charge is 1.00 e. The maximum absolute atomic E-state index is 10.4. The normalized spacial score (nSPS) is 10.6. The van der Waals surface area contributed by atoms with Gasteiger partial charge in [0, 0.05) is 7.05 Å². The molecule has 1 N–H and O–H groups in total. The smallest absolute Gasteiger partial charge is 1.00 e. The van der Waals surface area contributed by atoms with Crippen LogP contribution in [0.3, 0.4) is 0 Å². The van der Waals surface area contributed by atoms with Gasteiger partial charge in [0.15, 0.2) is 0 Å². The van der Waals surface area contributed by atoms with Crippen molar-refractivity contribution in [2.24, 2.45) is 0 Å². The van der Waals surface area contributed by atoms with E-state index in [0.29, 0.717) is 6.42 Å². The van der Waals surface area contributed by atoms with Gasteiger partial charge in [0.1, 0.15) is 0 Å².